The molecule has 1 aromatic heterocycles. The van der Waals surface area contributed by atoms with Crippen molar-refractivity contribution in [1.29, 1.82) is 0 Å². The maximum atomic E-state index is 12.5. The topological polar surface area (TPSA) is 48.5 Å². The predicted molar refractivity (Wildman–Crippen MR) is 96.0 cm³/mol. The van der Waals surface area contributed by atoms with Crippen LogP contribution in [-0.2, 0) is 6.54 Å². The van der Waals surface area contributed by atoms with Crippen LogP contribution in [0.3, 0.4) is 0 Å². The third kappa shape index (κ3) is 3.92. The van der Waals surface area contributed by atoms with Gasteiger partial charge in [0.25, 0.3) is 0 Å². The second-order valence-electron chi connectivity index (χ2n) is 6.30. The summed E-state index contributed by atoms with van der Waals surface area (Å²) in [4.78, 5) is 20.9. The zero-order valence-electron chi connectivity index (χ0n) is 14.3. The Morgan fingerprint density at radius 1 is 1.12 bits per heavy atom. The van der Waals surface area contributed by atoms with Crippen LogP contribution in [0.4, 0.5) is 10.5 Å². The van der Waals surface area contributed by atoms with Crippen LogP contribution < -0.4 is 5.32 Å². The Bertz CT molecular complexity index is 694. The molecule has 1 saturated heterocycles. The van der Waals surface area contributed by atoms with Gasteiger partial charge in [-0.2, -0.15) is 0 Å². The predicted octanol–water partition coefficient (Wildman–Crippen LogP) is 3.05. The van der Waals surface area contributed by atoms with E-state index in [0.29, 0.717) is 0 Å². The van der Waals surface area contributed by atoms with Gasteiger partial charge in [-0.25, -0.2) is 4.79 Å². The maximum absolute atomic E-state index is 12.5. The van der Waals surface area contributed by atoms with Crippen LogP contribution in [0.25, 0.3) is 0 Å². The molecular weight excluding hydrogens is 300 g/mol. The van der Waals surface area contributed by atoms with Crippen molar-refractivity contribution in [2.75, 3.05) is 31.5 Å². The SMILES string of the molecule is Cc1cccc(NC(=O)N2CCN(Cc3cccnc3)CC2)c1C. The smallest absolute Gasteiger partial charge is 0.321 e. The molecule has 5 nitrogen and oxygen atoms in total. The van der Waals surface area contributed by atoms with Crippen molar-refractivity contribution in [3.05, 3.63) is 59.4 Å². The summed E-state index contributed by atoms with van der Waals surface area (Å²) in [5.74, 6) is 0. The molecule has 126 valence electrons. The highest BCUT2D eigenvalue weighted by Crippen LogP contribution is 2.19. The molecule has 0 radical (unpaired) electrons. The molecule has 0 unspecified atom stereocenters. The molecule has 1 aromatic carbocycles. The second kappa shape index (κ2) is 7.45. The zero-order valence-corrected chi connectivity index (χ0v) is 14.3. The molecule has 0 bridgehead atoms. The van der Waals surface area contributed by atoms with E-state index in [2.05, 4.69) is 34.3 Å². The van der Waals surface area contributed by atoms with E-state index >= 15 is 0 Å². The molecule has 0 atom stereocenters. The number of nitrogens with one attached hydrogen (secondary N) is 1. The Morgan fingerprint density at radius 3 is 2.62 bits per heavy atom. The first-order valence-corrected chi connectivity index (χ1v) is 8.37. The van der Waals surface area contributed by atoms with E-state index < -0.39 is 0 Å². The van der Waals surface area contributed by atoms with E-state index in [4.69, 9.17) is 0 Å². The number of carbonyl (C=O) groups excluding carboxylic acids is 1. The first-order chi connectivity index (χ1) is 11.6. The number of aromatic nitrogens is 1. The summed E-state index contributed by atoms with van der Waals surface area (Å²) in [6, 6.07) is 10.0. The van der Waals surface area contributed by atoms with Gasteiger partial charge in [0.05, 0.1) is 0 Å². The summed E-state index contributed by atoms with van der Waals surface area (Å²) in [7, 11) is 0. The number of aryl methyl sites for hydroxylation is 1. The Labute approximate surface area is 143 Å². The number of carbonyl (C=O) groups is 1. The summed E-state index contributed by atoms with van der Waals surface area (Å²) in [6.45, 7) is 8.25. The van der Waals surface area contributed by atoms with Gasteiger partial charge in [-0.1, -0.05) is 18.2 Å². The molecular formula is C19H24N4O. The van der Waals surface area contributed by atoms with Crippen molar-refractivity contribution in [2.45, 2.75) is 20.4 Å². The second-order valence-corrected chi connectivity index (χ2v) is 6.30. The molecule has 1 fully saturated rings. The van der Waals surface area contributed by atoms with Gasteiger partial charge in [-0.15, -0.1) is 0 Å². The highest BCUT2D eigenvalue weighted by molar-refractivity contribution is 5.90. The maximum Gasteiger partial charge on any atom is 0.321 e. The number of anilines is 1. The van der Waals surface area contributed by atoms with Crippen molar-refractivity contribution >= 4 is 11.7 Å². The Kier molecular flexibility index (Phi) is 5.11. The molecule has 2 heterocycles. The molecule has 0 saturated carbocycles. The Morgan fingerprint density at radius 2 is 1.92 bits per heavy atom. The molecule has 1 aliphatic heterocycles. The summed E-state index contributed by atoms with van der Waals surface area (Å²) >= 11 is 0. The Hall–Kier alpha value is -2.40. The lowest BCUT2D eigenvalue weighted by molar-refractivity contribution is 0.143. The quantitative estimate of drug-likeness (QED) is 0.944. The van der Waals surface area contributed by atoms with Crippen molar-refractivity contribution in [2.24, 2.45) is 0 Å². The summed E-state index contributed by atoms with van der Waals surface area (Å²) in [5, 5.41) is 3.04. The number of hydrogen-bond donors (Lipinski definition) is 1. The number of amides is 2. The van der Waals surface area contributed by atoms with Gasteiger partial charge in [0.1, 0.15) is 0 Å². The molecule has 0 spiro atoms. The molecule has 3 rings (SSSR count). The number of hydrogen-bond acceptors (Lipinski definition) is 3. The van der Waals surface area contributed by atoms with E-state index in [9.17, 15) is 4.79 Å². The van der Waals surface area contributed by atoms with Crippen LogP contribution in [0.2, 0.25) is 0 Å². The van der Waals surface area contributed by atoms with Gasteiger partial charge in [0.15, 0.2) is 0 Å². The third-order valence-corrected chi connectivity index (χ3v) is 4.63. The lowest BCUT2D eigenvalue weighted by Crippen LogP contribution is -2.49. The van der Waals surface area contributed by atoms with Gasteiger partial charge in [0, 0.05) is 50.8 Å². The molecule has 1 aliphatic rings. The number of benzene rings is 1. The summed E-state index contributed by atoms with van der Waals surface area (Å²) < 4.78 is 0. The van der Waals surface area contributed by atoms with E-state index in [-0.39, 0.29) is 6.03 Å². The standard InChI is InChI=1S/C19H24N4O/c1-15-5-3-7-18(16(15)2)21-19(24)23-11-9-22(10-12-23)14-17-6-4-8-20-13-17/h3-8,13H,9-12,14H2,1-2H3,(H,21,24). The molecule has 2 aromatic rings. The fourth-order valence-electron chi connectivity index (χ4n) is 2.94. The number of pyridine rings is 1. The van der Waals surface area contributed by atoms with E-state index in [0.717, 1.165) is 44.0 Å². The van der Waals surface area contributed by atoms with Crippen molar-refractivity contribution in [3.63, 3.8) is 0 Å². The van der Waals surface area contributed by atoms with E-state index in [1.807, 2.05) is 36.2 Å². The first-order valence-electron chi connectivity index (χ1n) is 8.37. The lowest BCUT2D eigenvalue weighted by Gasteiger charge is -2.34. The van der Waals surface area contributed by atoms with E-state index in [1.165, 1.54) is 11.1 Å². The normalized spacial score (nSPS) is 15.3. The van der Waals surface area contributed by atoms with Gasteiger partial charge < -0.3 is 10.2 Å². The van der Waals surface area contributed by atoms with Gasteiger partial charge in [-0.3, -0.25) is 9.88 Å². The largest absolute Gasteiger partial charge is 0.322 e. The average Bonchev–Trinajstić information content (AvgIpc) is 2.60. The molecule has 5 heteroatoms. The zero-order chi connectivity index (χ0) is 16.9. The van der Waals surface area contributed by atoms with Crippen LogP contribution in [-0.4, -0.2) is 47.0 Å². The van der Waals surface area contributed by atoms with Crippen molar-refractivity contribution < 1.29 is 4.79 Å². The monoisotopic (exact) mass is 324 g/mol. The number of piperazine rings is 1. The molecule has 1 N–H and O–H groups in total. The minimum absolute atomic E-state index is 0.00951. The van der Waals surface area contributed by atoms with Crippen LogP contribution in [0, 0.1) is 13.8 Å². The highest BCUT2D eigenvalue weighted by atomic mass is 16.2. The first kappa shape index (κ1) is 16.5. The van der Waals surface area contributed by atoms with Gasteiger partial charge in [0.2, 0.25) is 0 Å². The van der Waals surface area contributed by atoms with Gasteiger partial charge >= 0.3 is 6.03 Å². The highest BCUT2D eigenvalue weighted by Gasteiger charge is 2.21. The molecule has 24 heavy (non-hydrogen) atoms. The summed E-state index contributed by atoms with van der Waals surface area (Å²) in [5.41, 5.74) is 4.43. The molecule has 2 amide bonds. The third-order valence-electron chi connectivity index (χ3n) is 4.63. The van der Waals surface area contributed by atoms with E-state index in [1.54, 1.807) is 6.20 Å². The molecule has 0 aliphatic carbocycles. The minimum Gasteiger partial charge on any atom is -0.322 e. The lowest BCUT2D eigenvalue weighted by atomic mass is 10.1. The van der Waals surface area contributed by atoms with Crippen LogP contribution in [0.1, 0.15) is 16.7 Å². The van der Waals surface area contributed by atoms with Crippen molar-refractivity contribution in [1.82, 2.24) is 14.8 Å². The number of urea groups is 1. The average molecular weight is 324 g/mol. The fourth-order valence-corrected chi connectivity index (χ4v) is 2.94. The summed E-state index contributed by atoms with van der Waals surface area (Å²) in [6.07, 6.45) is 3.69. The minimum atomic E-state index is -0.00951. The van der Waals surface area contributed by atoms with Crippen molar-refractivity contribution in [3.8, 4) is 0 Å². The van der Waals surface area contributed by atoms with Gasteiger partial charge in [-0.05, 0) is 42.7 Å². The van der Waals surface area contributed by atoms with Crippen LogP contribution >= 0.6 is 0 Å². The number of nitrogens with zero attached hydrogens (tertiary/aromatic N) is 3. The van der Waals surface area contributed by atoms with Crippen LogP contribution in [0.15, 0.2) is 42.7 Å². The Balaban J connectivity index is 1.52. The number of rotatable bonds is 3. The van der Waals surface area contributed by atoms with Crippen LogP contribution in [0.5, 0.6) is 0 Å². The fraction of sp³-hybridized carbons (Fsp3) is 0.368.